The number of aromatic nitrogens is 1. The van der Waals surface area contributed by atoms with Crippen molar-refractivity contribution in [1.29, 1.82) is 0 Å². The molecule has 35 heavy (non-hydrogen) atoms. The van der Waals surface area contributed by atoms with E-state index in [1.807, 2.05) is 54.9 Å². The van der Waals surface area contributed by atoms with Crippen LogP contribution >= 0.6 is 0 Å². The number of amides is 1. The van der Waals surface area contributed by atoms with Gasteiger partial charge in [-0.05, 0) is 72.8 Å². The van der Waals surface area contributed by atoms with E-state index < -0.39 is 0 Å². The summed E-state index contributed by atoms with van der Waals surface area (Å²) in [5.74, 6) is 1.64. The maximum Gasteiger partial charge on any atom is 0.249 e. The Balaban J connectivity index is 1.23. The van der Waals surface area contributed by atoms with E-state index in [0.29, 0.717) is 19.6 Å². The molecule has 6 nitrogen and oxygen atoms in total. The molecule has 2 aliphatic heterocycles. The van der Waals surface area contributed by atoms with Crippen molar-refractivity contribution >= 4 is 12.1 Å². The molecule has 6 heteroatoms. The normalized spacial score (nSPS) is 16.5. The molecule has 1 atom stereocenters. The van der Waals surface area contributed by atoms with Crippen LogP contribution in [0.4, 0.5) is 0 Å². The van der Waals surface area contributed by atoms with Crippen LogP contribution in [0, 0.1) is 5.92 Å². The Hall–Kier alpha value is -3.51. The minimum absolute atomic E-state index is 0.118. The van der Waals surface area contributed by atoms with Crippen LogP contribution in [0.5, 0.6) is 11.5 Å². The number of pyridine rings is 1. The van der Waals surface area contributed by atoms with Gasteiger partial charge in [-0.2, -0.15) is 0 Å². The first kappa shape index (κ1) is 23.2. The standard InChI is InChI=1S/C29H31N3O3/c33-29(18-22-5-8-25(9-6-22)26-4-3-11-30-20-26)31-19-24(21-32-12-1-2-13-32)16-23-7-10-27-28(17-23)35-15-14-34-27/h3-11,17,19-20,24H,1-2,12-16,18,21H2. The SMILES string of the molecule is O=C(Cc1ccc(-c2cccnc2)cc1)N=CC(Cc1ccc2c(c1)OCCO2)CN1CCCC1. The molecule has 0 saturated carbocycles. The minimum Gasteiger partial charge on any atom is -0.486 e. The van der Waals surface area contributed by atoms with Crippen molar-refractivity contribution in [3.63, 3.8) is 0 Å². The molecule has 0 spiro atoms. The Morgan fingerprint density at radius 3 is 2.51 bits per heavy atom. The van der Waals surface area contributed by atoms with Gasteiger partial charge in [0.05, 0.1) is 6.42 Å². The molecule has 2 aromatic carbocycles. The number of benzene rings is 2. The van der Waals surface area contributed by atoms with Crippen molar-refractivity contribution in [2.75, 3.05) is 32.8 Å². The van der Waals surface area contributed by atoms with E-state index in [1.165, 1.54) is 18.4 Å². The van der Waals surface area contributed by atoms with Gasteiger partial charge in [0.2, 0.25) is 5.91 Å². The molecule has 0 radical (unpaired) electrons. The zero-order valence-electron chi connectivity index (χ0n) is 19.9. The van der Waals surface area contributed by atoms with Crippen molar-refractivity contribution in [1.82, 2.24) is 9.88 Å². The second-order valence-electron chi connectivity index (χ2n) is 9.24. The highest BCUT2D eigenvalue weighted by Crippen LogP contribution is 2.31. The molecule has 3 aromatic rings. The fourth-order valence-electron chi connectivity index (χ4n) is 4.74. The molecule has 1 amide bonds. The van der Waals surface area contributed by atoms with Crippen molar-refractivity contribution < 1.29 is 14.3 Å². The summed E-state index contributed by atoms with van der Waals surface area (Å²) in [5, 5.41) is 0. The van der Waals surface area contributed by atoms with Crippen LogP contribution < -0.4 is 9.47 Å². The van der Waals surface area contributed by atoms with Gasteiger partial charge in [-0.3, -0.25) is 9.78 Å². The third-order valence-electron chi connectivity index (χ3n) is 6.53. The lowest BCUT2D eigenvalue weighted by Crippen LogP contribution is -2.29. The first-order valence-electron chi connectivity index (χ1n) is 12.4. The van der Waals surface area contributed by atoms with E-state index in [4.69, 9.17) is 9.47 Å². The second-order valence-corrected chi connectivity index (χ2v) is 9.24. The van der Waals surface area contributed by atoms with E-state index >= 15 is 0 Å². The van der Waals surface area contributed by atoms with Gasteiger partial charge >= 0.3 is 0 Å². The Morgan fingerprint density at radius 2 is 1.74 bits per heavy atom. The highest BCUT2D eigenvalue weighted by Gasteiger charge is 2.19. The summed E-state index contributed by atoms with van der Waals surface area (Å²) in [7, 11) is 0. The molecule has 2 aliphatic rings. The number of hydrogen-bond donors (Lipinski definition) is 0. The van der Waals surface area contributed by atoms with Crippen molar-refractivity contribution in [3.8, 4) is 22.6 Å². The third-order valence-corrected chi connectivity index (χ3v) is 6.53. The molecular formula is C29H31N3O3. The average molecular weight is 470 g/mol. The number of hydrogen-bond acceptors (Lipinski definition) is 5. The number of fused-ring (bicyclic) bond motifs is 1. The first-order valence-corrected chi connectivity index (χ1v) is 12.4. The summed E-state index contributed by atoms with van der Waals surface area (Å²) >= 11 is 0. The minimum atomic E-state index is -0.118. The lowest BCUT2D eigenvalue weighted by atomic mass is 9.99. The molecule has 1 saturated heterocycles. The number of nitrogens with zero attached hydrogens (tertiary/aromatic N) is 3. The predicted octanol–water partition coefficient (Wildman–Crippen LogP) is 4.61. The van der Waals surface area contributed by atoms with E-state index in [-0.39, 0.29) is 11.8 Å². The Kier molecular flexibility index (Phi) is 7.49. The molecule has 3 heterocycles. The van der Waals surface area contributed by atoms with Crippen LogP contribution in [0.2, 0.25) is 0 Å². The van der Waals surface area contributed by atoms with Gasteiger partial charge in [-0.15, -0.1) is 0 Å². The van der Waals surface area contributed by atoms with E-state index in [2.05, 4.69) is 27.0 Å². The predicted molar refractivity (Wildman–Crippen MR) is 137 cm³/mol. The Labute approximate surface area is 206 Å². The quantitative estimate of drug-likeness (QED) is 0.451. The Bertz CT molecular complexity index is 1160. The van der Waals surface area contributed by atoms with Crippen LogP contribution in [0.15, 0.2) is 72.0 Å². The number of rotatable bonds is 8. The van der Waals surface area contributed by atoms with Crippen LogP contribution in [-0.4, -0.2) is 54.9 Å². The summed E-state index contributed by atoms with van der Waals surface area (Å²) in [4.78, 5) is 23.7. The van der Waals surface area contributed by atoms with Crippen LogP contribution in [0.3, 0.4) is 0 Å². The number of carbonyl (C=O) groups is 1. The van der Waals surface area contributed by atoms with Crippen molar-refractivity contribution in [2.24, 2.45) is 10.9 Å². The monoisotopic (exact) mass is 469 g/mol. The van der Waals surface area contributed by atoms with Gasteiger partial charge in [0, 0.05) is 31.1 Å². The summed E-state index contributed by atoms with van der Waals surface area (Å²) in [6, 6.07) is 18.1. The molecular weight excluding hydrogens is 438 g/mol. The molecule has 5 rings (SSSR count). The smallest absolute Gasteiger partial charge is 0.249 e. The third kappa shape index (κ3) is 6.34. The number of likely N-dealkylation sites (tertiary alicyclic amines) is 1. The van der Waals surface area contributed by atoms with Gasteiger partial charge in [-0.1, -0.05) is 36.4 Å². The van der Waals surface area contributed by atoms with Crippen LogP contribution in [-0.2, 0) is 17.6 Å². The highest BCUT2D eigenvalue weighted by molar-refractivity contribution is 5.87. The molecule has 0 N–H and O–H groups in total. The van der Waals surface area contributed by atoms with E-state index in [9.17, 15) is 4.79 Å². The number of aliphatic imine (C=N–C) groups is 1. The maximum absolute atomic E-state index is 12.7. The topological polar surface area (TPSA) is 64.0 Å². The lowest BCUT2D eigenvalue weighted by molar-refractivity contribution is -0.117. The van der Waals surface area contributed by atoms with Gasteiger partial charge in [-0.25, -0.2) is 4.99 Å². The summed E-state index contributed by atoms with van der Waals surface area (Å²) in [5.41, 5.74) is 4.28. The van der Waals surface area contributed by atoms with Crippen LogP contribution in [0.25, 0.3) is 11.1 Å². The van der Waals surface area contributed by atoms with Crippen molar-refractivity contribution in [3.05, 3.63) is 78.1 Å². The summed E-state index contributed by atoms with van der Waals surface area (Å²) in [6.07, 6.45) is 9.05. The van der Waals surface area contributed by atoms with Crippen molar-refractivity contribution in [2.45, 2.75) is 25.7 Å². The van der Waals surface area contributed by atoms with Gasteiger partial charge < -0.3 is 14.4 Å². The fraction of sp³-hybridized carbons (Fsp3) is 0.345. The Morgan fingerprint density at radius 1 is 0.971 bits per heavy atom. The lowest BCUT2D eigenvalue weighted by Gasteiger charge is -2.22. The van der Waals surface area contributed by atoms with E-state index in [1.54, 1.807) is 6.20 Å². The van der Waals surface area contributed by atoms with Gasteiger partial charge in [0.25, 0.3) is 0 Å². The van der Waals surface area contributed by atoms with Gasteiger partial charge in [0.1, 0.15) is 13.2 Å². The molecule has 0 bridgehead atoms. The average Bonchev–Trinajstić information content (AvgIpc) is 3.41. The molecule has 180 valence electrons. The second kappa shape index (κ2) is 11.3. The summed E-state index contributed by atoms with van der Waals surface area (Å²) in [6.45, 7) is 4.30. The van der Waals surface area contributed by atoms with Crippen LogP contribution in [0.1, 0.15) is 24.0 Å². The molecule has 1 fully saturated rings. The van der Waals surface area contributed by atoms with Gasteiger partial charge in [0.15, 0.2) is 11.5 Å². The highest BCUT2D eigenvalue weighted by atomic mass is 16.6. The maximum atomic E-state index is 12.7. The zero-order valence-corrected chi connectivity index (χ0v) is 19.9. The fourth-order valence-corrected chi connectivity index (χ4v) is 4.74. The number of ether oxygens (including phenoxy) is 2. The summed E-state index contributed by atoms with van der Waals surface area (Å²) < 4.78 is 11.4. The molecule has 1 aromatic heterocycles. The molecule has 1 unspecified atom stereocenters. The van der Waals surface area contributed by atoms with E-state index in [0.717, 1.165) is 54.2 Å². The first-order chi connectivity index (χ1) is 17.2. The largest absolute Gasteiger partial charge is 0.486 e. The number of carbonyl (C=O) groups excluding carboxylic acids is 1. The molecule has 0 aliphatic carbocycles. The zero-order chi connectivity index (χ0) is 23.9.